The molecule has 0 saturated carbocycles. The van der Waals surface area contributed by atoms with Crippen LogP contribution in [0.5, 0.6) is 0 Å². The lowest BCUT2D eigenvalue weighted by molar-refractivity contribution is 0.375. The van der Waals surface area contributed by atoms with E-state index >= 15 is 0 Å². The van der Waals surface area contributed by atoms with E-state index in [-0.39, 0.29) is 5.54 Å². The van der Waals surface area contributed by atoms with Crippen molar-refractivity contribution in [1.82, 2.24) is 5.32 Å². The van der Waals surface area contributed by atoms with E-state index in [4.69, 9.17) is 0 Å². The van der Waals surface area contributed by atoms with Crippen molar-refractivity contribution in [1.29, 1.82) is 0 Å². The van der Waals surface area contributed by atoms with Crippen molar-refractivity contribution in [3.05, 3.63) is 0 Å². The molecule has 0 unspecified atom stereocenters. The first-order valence-electron chi connectivity index (χ1n) is 3.89. The van der Waals surface area contributed by atoms with Crippen LogP contribution in [0.15, 0.2) is 0 Å². The normalized spacial score (nSPS) is 27.3. The fraction of sp³-hybridized carbons (Fsp3) is 1.00. The van der Waals surface area contributed by atoms with Crippen LogP contribution in [0.25, 0.3) is 0 Å². The van der Waals surface area contributed by atoms with Gasteiger partial charge < -0.3 is 0 Å². The summed E-state index contributed by atoms with van der Waals surface area (Å²) in [7, 11) is 0. The molecular weight excluding hydrogens is 110 g/mol. The van der Waals surface area contributed by atoms with Gasteiger partial charge in [-0.15, -0.1) is 0 Å². The van der Waals surface area contributed by atoms with E-state index in [9.17, 15) is 0 Å². The van der Waals surface area contributed by atoms with Gasteiger partial charge in [-0.25, -0.2) is 5.32 Å². The van der Waals surface area contributed by atoms with Crippen molar-refractivity contribution in [2.75, 3.05) is 6.54 Å². The van der Waals surface area contributed by atoms with Crippen molar-refractivity contribution in [3.8, 4) is 0 Å². The van der Waals surface area contributed by atoms with Gasteiger partial charge in [-0.1, -0.05) is 12.8 Å². The quantitative estimate of drug-likeness (QED) is 0.471. The molecule has 1 saturated heterocycles. The maximum Gasteiger partial charge on any atom is 0.0300 e. The van der Waals surface area contributed by atoms with Crippen molar-refractivity contribution < 1.29 is 0 Å². The van der Waals surface area contributed by atoms with E-state index in [2.05, 4.69) is 19.2 Å². The standard InChI is InChI=1S/C8H16N/c1-8(2)6-4-3-5-7-9-8/h3-7H2,1-2H3. The van der Waals surface area contributed by atoms with Gasteiger partial charge in [-0.2, -0.15) is 0 Å². The zero-order valence-corrected chi connectivity index (χ0v) is 6.48. The van der Waals surface area contributed by atoms with Crippen LogP contribution in [0.2, 0.25) is 0 Å². The molecular formula is C8H16N. The molecule has 0 aromatic carbocycles. The van der Waals surface area contributed by atoms with E-state index in [1.54, 1.807) is 0 Å². The van der Waals surface area contributed by atoms with Crippen LogP contribution in [0, 0.1) is 0 Å². The SMILES string of the molecule is CC1(C)CCCCC[N]1. The second-order valence-electron chi connectivity index (χ2n) is 3.50. The number of hydrogen-bond donors (Lipinski definition) is 0. The van der Waals surface area contributed by atoms with E-state index in [0.717, 1.165) is 6.54 Å². The van der Waals surface area contributed by atoms with Crippen molar-refractivity contribution >= 4 is 0 Å². The summed E-state index contributed by atoms with van der Waals surface area (Å²) in [6.07, 6.45) is 5.35. The van der Waals surface area contributed by atoms with Crippen LogP contribution in [-0.2, 0) is 0 Å². The van der Waals surface area contributed by atoms with E-state index < -0.39 is 0 Å². The first kappa shape index (κ1) is 7.07. The summed E-state index contributed by atoms with van der Waals surface area (Å²) in [6, 6.07) is 0. The highest BCUT2D eigenvalue weighted by Gasteiger charge is 2.19. The van der Waals surface area contributed by atoms with Gasteiger partial charge >= 0.3 is 0 Å². The van der Waals surface area contributed by atoms with Gasteiger partial charge in [0.15, 0.2) is 0 Å². The number of hydrogen-bond acceptors (Lipinski definition) is 0. The zero-order valence-electron chi connectivity index (χ0n) is 6.48. The fourth-order valence-electron chi connectivity index (χ4n) is 1.31. The second-order valence-corrected chi connectivity index (χ2v) is 3.50. The average molecular weight is 126 g/mol. The van der Waals surface area contributed by atoms with Crippen LogP contribution >= 0.6 is 0 Å². The minimum atomic E-state index is 0.288. The third-order valence-electron chi connectivity index (χ3n) is 1.99. The minimum Gasteiger partial charge on any atom is -0.236 e. The lowest BCUT2D eigenvalue weighted by atomic mass is 9.99. The predicted octanol–water partition coefficient (Wildman–Crippen LogP) is 1.94. The highest BCUT2D eigenvalue weighted by atomic mass is 14.9. The van der Waals surface area contributed by atoms with Gasteiger partial charge in [-0.3, -0.25) is 0 Å². The Balaban J connectivity index is 2.36. The fourth-order valence-corrected chi connectivity index (χ4v) is 1.31. The van der Waals surface area contributed by atoms with Gasteiger partial charge in [0.25, 0.3) is 0 Å². The van der Waals surface area contributed by atoms with Crippen molar-refractivity contribution in [2.45, 2.75) is 45.1 Å². The van der Waals surface area contributed by atoms with Gasteiger partial charge in [0, 0.05) is 12.1 Å². The third-order valence-corrected chi connectivity index (χ3v) is 1.99. The van der Waals surface area contributed by atoms with Crippen LogP contribution in [0.4, 0.5) is 0 Å². The largest absolute Gasteiger partial charge is 0.236 e. The Morgan fingerprint density at radius 2 is 1.89 bits per heavy atom. The molecule has 0 bridgehead atoms. The summed E-state index contributed by atoms with van der Waals surface area (Å²) in [5.41, 5.74) is 0.288. The lowest BCUT2D eigenvalue weighted by Gasteiger charge is -2.20. The Labute approximate surface area is 57.8 Å². The molecule has 0 amide bonds. The Morgan fingerprint density at radius 3 is 2.67 bits per heavy atom. The molecule has 1 fully saturated rings. The van der Waals surface area contributed by atoms with Gasteiger partial charge in [0.2, 0.25) is 0 Å². The molecule has 1 heteroatoms. The lowest BCUT2D eigenvalue weighted by Crippen LogP contribution is -2.31. The molecule has 1 heterocycles. The first-order valence-corrected chi connectivity index (χ1v) is 3.89. The summed E-state index contributed by atoms with van der Waals surface area (Å²) in [4.78, 5) is 0. The van der Waals surface area contributed by atoms with Crippen LogP contribution in [-0.4, -0.2) is 12.1 Å². The molecule has 0 aliphatic carbocycles. The Kier molecular flexibility index (Phi) is 2.12. The molecule has 1 aliphatic heterocycles. The number of rotatable bonds is 0. The first-order chi connectivity index (χ1) is 4.21. The van der Waals surface area contributed by atoms with Crippen LogP contribution < -0.4 is 5.32 Å². The number of nitrogens with zero attached hydrogens (tertiary/aromatic N) is 1. The highest BCUT2D eigenvalue weighted by Crippen LogP contribution is 2.18. The average Bonchev–Trinajstić information content (AvgIpc) is 1.92. The van der Waals surface area contributed by atoms with E-state index in [1.807, 2.05) is 0 Å². The molecule has 0 atom stereocenters. The summed E-state index contributed by atoms with van der Waals surface area (Å²) >= 11 is 0. The summed E-state index contributed by atoms with van der Waals surface area (Å²) in [5, 5.41) is 4.56. The Bertz CT molecular complexity index is 76.6. The van der Waals surface area contributed by atoms with E-state index in [1.165, 1.54) is 25.7 Å². The molecule has 1 aliphatic rings. The maximum absolute atomic E-state index is 4.56. The van der Waals surface area contributed by atoms with Crippen molar-refractivity contribution in [3.63, 3.8) is 0 Å². The maximum atomic E-state index is 4.56. The van der Waals surface area contributed by atoms with E-state index in [0.29, 0.717) is 0 Å². The van der Waals surface area contributed by atoms with Crippen LogP contribution in [0.3, 0.4) is 0 Å². The Hall–Kier alpha value is -0.0400. The minimum absolute atomic E-state index is 0.288. The predicted molar refractivity (Wildman–Crippen MR) is 39.5 cm³/mol. The topological polar surface area (TPSA) is 14.1 Å². The smallest absolute Gasteiger partial charge is 0.0300 e. The molecule has 53 valence electrons. The molecule has 0 aromatic heterocycles. The summed E-state index contributed by atoms with van der Waals surface area (Å²) in [6.45, 7) is 5.56. The Morgan fingerprint density at radius 1 is 1.11 bits per heavy atom. The molecule has 0 spiro atoms. The third kappa shape index (κ3) is 2.35. The molecule has 0 aromatic rings. The monoisotopic (exact) mass is 126 g/mol. The molecule has 0 N–H and O–H groups in total. The van der Waals surface area contributed by atoms with Gasteiger partial charge in [0.05, 0.1) is 0 Å². The highest BCUT2D eigenvalue weighted by molar-refractivity contribution is 4.78. The summed E-state index contributed by atoms with van der Waals surface area (Å²) < 4.78 is 0. The molecule has 1 nitrogen and oxygen atoms in total. The van der Waals surface area contributed by atoms with Crippen LogP contribution in [0.1, 0.15) is 39.5 Å². The summed E-state index contributed by atoms with van der Waals surface area (Å²) in [5.74, 6) is 0. The molecule has 1 rings (SSSR count). The van der Waals surface area contributed by atoms with Crippen molar-refractivity contribution in [2.24, 2.45) is 0 Å². The molecule has 1 radical (unpaired) electrons. The zero-order chi connectivity index (χ0) is 6.74. The van der Waals surface area contributed by atoms with Gasteiger partial charge in [0.1, 0.15) is 0 Å². The second kappa shape index (κ2) is 2.70. The molecule has 9 heavy (non-hydrogen) atoms. The van der Waals surface area contributed by atoms with Gasteiger partial charge in [-0.05, 0) is 26.7 Å².